The molecule has 1 saturated heterocycles. The maximum Gasteiger partial charge on any atom is 0.274 e. The fourth-order valence-corrected chi connectivity index (χ4v) is 3.49. The number of aromatic amines is 1. The summed E-state index contributed by atoms with van der Waals surface area (Å²) in [6, 6.07) is 5.78. The van der Waals surface area contributed by atoms with Gasteiger partial charge in [0.05, 0.1) is 5.69 Å². The van der Waals surface area contributed by atoms with Gasteiger partial charge in [0.2, 0.25) is 0 Å². The molecule has 0 atom stereocenters. The summed E-state index contributed by atoms with van der Waals surface area (Å²) in [6.45, 7) is 9.70. The van der Waals surface area contributed by atoms with Gasteiger partial charge >= 0.3 is 0 Å². The average molecular weight is 367 g/mol. The van der Waals surface area contributed by atoms with Gasteiger partial charge in [-0.25, -0.2) is 0 Å². The Morgan fingerprint density at radius 1 is 1.19 bits per heavy atom. The van der Waals surface area contributed by atoms with Crippen LogP contribution in [-0.2, 0) is 5.41 Å². The fourth-order valence-electron chi connectivity index (χ4n) is 3.49. The first-order valence-corrected chi connectivity index (χ1v) is 9.37. The van der Waals surface area contributed by atoms with Crippen LogP contribution in [0.5, 0.6) is 0 Å². The molecule has 1 aliphatic heterocycles. The molecule has 1 fully saturated rings. The largest absolute Gasteiger partial charge is 0.337 e. The number of amides is 1. The van der Waals surface area contributed by atoms with Gasteiger partial charge in [0, 0.05) is 30.1 Å². The van der Waals surface area contributed by atoms with Crippen LogP contribution >= 0.6 is 0 Å². The minimum absolute atomic E-state index is 0.0166. The summed E-state index contributed by atoms with van der Waals surface area (Å²) >= 11 is 0. The van der Waals surface area contributed by atoms with Crippen LogP contribution in [0, 0.1) is 6.92 Å². The van der Waals surface area contributed by atoms with Crippen molar-refractivity contribution in [2.45, 2.75) is 51.9 Å². The summed E-state index contributed by atoms with van der Waals surface area (Å²) in [5.41, 5.74) is 3.12. The number of aryl methyl sites for hydroxylation is 1. The summed E-state index contributed by atoms with van der Waals surface area (Å²) in [5, 5.41) is 20.4. The molecule has 4 rings (SSSR count). The van der Waals surface area contributed by atoms with Gasteiger partial charge in [0.25, 0.3) is 5.91 Å². The lowest BCUT2D eigenvalue weighted by Gasteiger charge is -2.30. The first kappa shape index (κ1) is 17.6. The third-order valence-electron chi connectivity index (χ3n) is 5.13. The number of carbonyl (C=O) groups excluding carboxylic acids is 1. The molecule has 1 aliphatic rings. The van der Waals surface area contributed by atoms with Crippen molar-refractivity contribution in [2.75, 3.05) is 13.1 Å². The Balaban J connectivity index is 1.52. The van der Waals surface area contributed by atoms with Crippen LogP contribution in [0.15, 0.2) is 18.2 Å². The second kappa shape index (κ2) is 6.44. The Morgan fingerprint density at radius 3 is 2.56 bits per heavy atom. The molecule has 3 aromatic rings. The van der Waals surface area contributed by atoms with E-state index in [0.717, 1.165) is 35.7 Å². The Bertz CT molecular complexity index is 974. The van der Waals surface area contributed by atoms with Gasteiger partial charge in [-0.3, -0.25) is 9.89 Å². The minimum atomic E-state index is -0.0345. The highest BCUT2D eigenvalue weighted by Gasteiger charge is 2.29. The normalized spacial score (nSPS) is 16.2. The van der Waals surface area contributed by atoms with Crippen molar-refractivity contribution < 1.29 is 4.79 Å². The van der Waals surface area contributed by atoms with Gasteiger partial charge in [0.1, 0.15) is 5.69 Å². The maximum atomic E-state index is 12.6. The molecule has 0 aromatic carbocycles. The molecule has 0 radical (unpaired) electrons. The van der Waals surface area contributed by atoms with Crippen molar-refractivity contribution in [3.8, 4) is 0 Å². The van der Waals surface area contributed by atoms with E-state index in [0.29, 0.717) is 18.8 Å². The molecule has 3 aromatic heterocycles. The minimum Gasteiger partial charge on any atom is -0.337 e. The first-order chi connectivity index (χ1) is 12.8. The van der Waals surface area contributed by atoms with E-state index in [4.69, 9.17) is 5.10 Å². The summed E-state index contributed by atoms with van der Waals surface area (Å²) in [4.78, 5) is 14.4. The van der Waals surface area contributed by atoms with E-state index < -0.39 is 0 Å². The fraction of sp³-hybridized carbons (Fsp3) is 0.526. The number of nitrogens with zero attached hydrogens (tertiary/aromatic N) is 6. The van der Waals surface area contributed by atoms with Crippen molar-refractivity contribution in [3.63, 3.8) is 0 Å². The lowest BCUT2D eigenvalue weighted by atomic mass is 9.92. The Labute approximate surface area is 158 Å². The number of H-pyrrole nitrogens is 1. The molecule has 1 amide bonds. The van der Waals surface area contributed by atoms with E-state index >= 15 is 0 Å². The van der Waals surface area contributed by atoms with Gasteiger partial charge in [-0.15, -0.1) is 10.2 Å². The van der Waals surface area contributed by atoms with Crippen molar-refractivity contribution in [2.24, 2.45) is 0 Å². The van der Waals surface area contributed by atoms with E-state index in [1.165, 1.54) is 0 Å². The maximum absolute atomic E-state index is 12.6. The molecule has 0 spiro atoms. The second-order valence-electron chi connectivity index (χ2n) is 8.30. The number of carbonyl (C=O) groups is 1. The van der Waals surface area contributed by atoms with Gasteiger partial charge in [-0.05, 0) is 38.0 Å². The van der Waals surface area contributed by atoms with Crippen LogP contribution in [0.4, 0.5) is 0 Å². The van der Waals surface area contributed by atoms with E-state index in [-0.39, 0.29) is 17.2 Å². The van der Waals surface area contributed by atoms with Crippen LogP contribution in [0.25, 0.3) is 5.65 Å². The quantitative estimate of drug-likeness (QED) is 0.751. The van der Waals surface area contributed by atoms with Crippen molar-refractivity contribution in [1.82, 2.24) is 34.9 Å². The smallest absolute Gasteiger partial charge is 0.274 e. The molecule has 4 heterocycles. The second-order valence-corrected chi connectivity index (χ2v) is 8.30. The summed E-state index contributed by atoms with van der Waals surface area (Å²) in [7, 11) is 0. The van der Waals surface area contributed by atoms with E-state index in [1.54, 1.807) is 6.07 Å². The van der Waals surface area contributed by atoms with E-state index in [1.807, 2.05) is 28.5 Å². The highest BCUT2D eigenvalue weighted by molar-refractivity contribution is 5.92. The average Bonchev–Trinajstić information content (AvgIpc) is 3.26. The lowest BCUT2D eigenvalue weighted by Crippen LogP contribution is -2.38. The number of nitrogens with one attached hydrogen (secondary N) is 1. The number of hydrogen-bond acceptors (Lipinski definition) is 5. The molecule has 142 valence electrons. The molecule has 1 N–H and O–H groups in total. The number of fused-ring (bicyclic) bond motifs is 1. The van der Waals surface area contributed by atoms with E-state index in [9.17, 15) is 4.79 Å². The Morgan fingerprint density at radius 2 is 1.93 bits per heavy atom. The third-order valence-corrected chi connectivity index (χ3v) is 5.13. The highest BCUT2D eigenvalue weighted by Crippen LogP contribution is 2.28. The lowest BCUT2D eigenvalue weighted by molar-refractivity contribution is 0.0704. The molecule has 0 bridgehead atoms. The Kier molecular flexibility index (Phi) is 4.20. The monoisotopic (exact) mass is 367 g/mol. The molecule has 0 aliphatic carbocycles. The standard InChI is InChI=1S/C19H25N7O/c1-12-11-14(21-20-12)18(27)25-9-7-13(8-10-25)17-23-22-16-6-5-15(19(2,3)4)24-26(16)17/h5-6,11,13H,7-10H2,1-4H3,(H,20,21). The van der Waals surface area contributed by atoms with Crippen LogP contribution in [0.3, 0.4) is 0 Å². The number of likely N-dealkylation sites (tertiary alicyclic amines) is 1. The SMILES string of the molecule is Cc1cc(C(=O)N2CCC(c3nnc4ccc(C(C)(C)C)nn34)CC2)n[nH]1. The molecule has 8 nitrogen and oxygen atoms in total. The molecule has 0 unspecified atom stereocenters. The zero-order chi connectivity index (χ0) is 19.2. The van der Waals surface area contributed by atoms with Gasteiger partial charge in [-0.2, -0.15) is 14.7 Å². The van der Waals surface area contributed by atoms with Crippen LogP contribution in [-0.4, -0.2) is 53.9 Å². The summed E-state index contributed by atoms with van der Waals surface area (Å²) in [5.74, 6) is 1.11. The molecular weight excluding hydrogens is 342 g/mol. The van der Waals surface area contributed by atoms with Crippen LogP contribution in [0.2, 0.25) is 0 Å². The highest BCUT2D eigenvalue weighted by atomic mass is 16.2. The number of hydrogen-bond donors (Lipinski definition) is 1. The molecule has 8 heteroatoms. The zero-order valence-electron chi connectivity index (χ0n) is 16.2. The molecule has 0 saturated carbocycles. The summed E-state index contributed by atoms with van der Waals surface area (Å²) in [6.07, 6.45) is 1.69. The summed E-state index contributed by atoms with van der Waals surface area (Å²) < 4.78 is 1.87. The number of aromatic nitrogens is 6. The van der Waals surface area contributed by atoms with Gasteiger partial charge in [0.15, 0.2) is 11.5 Å². The van der Waals surface area contributed by atoms with Crippen molar-refractivity contribution in [1.29, 1.82) is 0 Å². The number of piperidine rings is 1. The van der Waals surface area contributed by atoms with Gasteiger partial charge < -0.3 is 4.90 Å². The molecule has 27 heavy (non-hydrogen) atoms. The Hall–Kier alpha value is -2.77. The zero-order valence-corrected chi connectivity index (χ0v) is 16.2. The predicted molar refractivity (Wildman–Crippen MR) is 101 cm³/mol. The molecular formula is C19H25N7O. The van der Waals surface area contributed by atoms with Gasteiger partial charge in [-0.1, -0.05) is 20.8 Å². The van der Waals surface area contributed by atoms with Crippen molar-refractivity contribution >= 4 is 11.6 Å². The first-order valence-electron chi connectivity index (χ1n) is 9.37. The van der Waals surface area contributed by atoms with Crippen molar-refractivity contribution in [3.05, 3.63) is 41.1 Å². The number of rotatable bonds is 2. The predicted octanol–water partition coefficient (Wildman–Crippen LogP) is 2.47. The van der Waals surface area contributed by atoms with E-state index in [2.05, 4.69) is 41.2 Å². The van der Waals surface area contributed by atoms with Crippen LogP contribution < -0.4 is 0 Å². The van der Waals surface area contributed by atoms with Crippen LogP contribution in [0.1, 0.15) is 67.2 Å². The third kappa shape index (κ3) is 3.31. The topological polar surface area (TPSA) is 92.1 Å².